The minimum atomic E-state index is -3.79. The van der Waals surface area contributed by atoms with Crippen molar-refractivity contribution in [3.63, 3.8) is 0 Å². The van der Waals surface area contributed by atoms with Crippen LogP contribution in [0.2, 0.25) is 5.02 Å². The molecule has 2 amide bonds. The van der Waals surface area contributed by atoms with E-state index in [1.807, 2.05) is 0 Å². The molecule has 140 valence electrons. The van der Waals surface area contributed by atoms with Crippen molar-refractivity contribution < 1.29 is 18.0 Å². The number of hydrogen-bond acceptors (Lipinski definition) is 6. The van der Waals surface area contributed by atoms with E-state index in [-0.39, 0.29) is 15.9 Å². The minimum Gasteiger partial charge on any atom is -0.326 e. The Morgan fingerprint density at radius 2 is 1.81 bits per heavy atom. The van der Waals surface area contributed by atoms with Crippen LogP contribution < -0.4 is 10.6 Å². The third-order valence-electron chi connectivity index (χ3n) is 3.45. The maximum absolute atomic E-state index is 12.3. The molecule has 0 spiro atoms. The fraction of sp³-hybridized carbons (Fsp3) is 0.118. The van der Waals surface area contributed by atoms with Crippen LogP contribution >= 0.6 is 22.9 Å². The number of amides is 2. The highest BCUT2D eigenvalue weighted by Crippen LogP contribution is 2.28. The summed E-state index contributed by atoms with van der Waals surface area (Å²) in [5.74, 6) is -1.59. The van der Waals surface area contributed by atoms with Gasteiger partial charge in [0.1, 0.15) is 5.75 Å². The van der Waals surface area contributed by atoms with E-state index in [1.54, 1.807) is 18.2 Å². The molecule has 1 heterocycles. The summed E-state index contributed by atoms with van der Waals surface area (Å²) in [6, 6.07) is 10.7. The molecule has 1 aromatic heterocycles. The predicted octanol–water partition coefficient (Wildman–Crippen LogP) is 3.32. The third-order valence-corrected chi connectivity index (χ3v) is 6.27. The van der Waals surface area contributed by atoms with Crippen LogP contribution in [-0.4, -0.2) is 31.0 Å². The van der Waals surface area contributed by atoms with Gasteiger partial charge in [0.2, 0.25) is 11.8 Å². The van der Waals surface area contributed by atoms with Crippen molar-refractivity contribution in [2.24, 2.45) is 0 Å². The number of benzene rings is 2. The first-order valence-electron chi connectivity index (χ1n) is 7.69. The number of thiazole rings is 1. The maximum Gasteiger partial charge on any atom is 0.241 e. The standard InChI is InChI=1S/C17H14ClN3O4S2/c1-10(22)19-12-4-7-14-15(8-12)26-17(20-14)21-16(23)9-27(24,25)13-5-2-11(18)3-6-13/h2-8H,9H2,1H3,(H,19,22)(H,20,21,23). The number of nitrogens with zero attached hydrogens (tertiary/aromatic N) is 1. The topological polar surface area (TPSA) is 105 Å². The highest BCUT2D eigenvalue weighted by atomic mass is 35.5. The summed E-state index contributed by atoms with van der Waals surface area (Å²) in [5.41, 5.74) is 1.24. The van der Waals surface area contributed by atoms with E-state index in [2.05, 4.69) is 15.6 Å². The molecular formula is C17H14ClN3O4S2. The monoisotopic (exact) mass is 423 g/mol. The number of rotatable bonds is 5. The van der Waals surface area contributed by atoms with Gasteiger partial charge in [0.15, 0.2) is 15.0 Å². The van der Waals surface area contributed by atoms with Crippen molar-refractivity contribution in [2.75, 3.05) is 16.4 Å². The van der Waals surface area contributed by atoms with E-state index in [0.717, 1.165) is 4.70 Å². The number of carbonyl (C=O) groups excluding carboxylic acids is 2. The molecule has 0 atom stereocenters. The van der Waals surface area contributed by atoms with Crippen molar-refractivity contribution in [1.82, 2.24) is 4.98 Å². The summed E-state index contributed by atoms with van der Waals surface area (Å²) in [6.07, 6.45) is 0. The number of fused-ring (bicyclic) bond motifs is 1. The molecule has 0 aliphatic heterocycles. The van der Waals surface area contributed by atoms with Gasteiger partial charge >= 0.3 is 0 Å². The van der Waals surface area contributed by atoms with E-state index >= 15 is 0 Å². The molecular weight excluding hydrogens is 410 g/mol. The fourth-order valence-electron chi connectivity index (χ4n) is 2.31. The van der Waals surface area contributed by atoms with Gasteiger partial charge in [0.25, 0.3) is 0 Å². The van der Waals surface area contributed by atoms with Crippen molar-refractivity contribution in [3.8, 4) is 0 Å². The molecule has 3 rings (SSSR count). The van der Waals surface area contributed by atoms with Gasteiger partial charge in [-0.3, -0.25) is 9.59 Å². The van der Waals surface area contributed by atoms with Crippen molar-refractivity contribution >= 4 is 65.6 Å². The lowest BCUT2D eigenvalue weighted by Crippen LogP contribution is -2.22. The lowest BCUT2D eigenvalue weighted by Gasteiger charge is -2.04. The number of nitrogens with one attached hydrogen (secondary N) is 2. The molecule has 0 unspecified atom stereocenters. The summed E-state index contributed by atoms with van der Waals surface area (Å²) >= 11 is 6.93. The number of aromatic nitrogens is 1. The van der Waals surface area contributed by atoms with Crippen LogP contribution in [0.4, 0.5) is 10.8 Å². The molecule has 0 saturated carbocycles. The zero-order chi connectivity index (χ0) is 19.6. The van der Waals surface area contributed by atoms with Crippen molar-refractivity contribution in [3.05, 3.63) is 47.5 Å². The van der Waals surface area contributed by atoms with Gasteiger partial charge in [-0.1, -0.05) is 22.9 Å². The first-order valence-corrected chi connectivity index (χ1v) is 10.5. The number of hydrogen-bond donors (Lipinski definition) is 2. The Labute approximate surface area is 164 Å². The van der Waals surface area contributed by atoms with E-state index in [1.165, 1.54) is 42.5 Å². The highest BCUT2D eigenvalue weighted by molar-refractivity contribution is 7.92. The Morgan fingerprint density at radius 3 is 2.48 bits per heavy atom. The normalized spacial score (nSPS) is 11.3. The zero-order valence-electron chi connectivity index (χ0n) is 14.0. The van der Waals surface area contributed by atoms with Crippen molar-refractivity contribution in [1.29, 1.82) is 0 Å². The number of sulfone groups is 1. The summed E-state index contributed by atoms with van der Waals surface area (Å²) < 4.78 is 25.4. The Balaban J connectivity index is 1.73. The summed E-state index contributed by atoms with van der Waals surface area (Å²) in [7, 11) is -3.79. The maximum atomic E-state index is 12.3. The first-order chi connectivity index (χ1) is 12.7. The lowest BCUT2D eigenvalue weighted by molar-refractivity contribution is -0.114. The number of anilines is 2. The Bertz CT molecular complexity index is 1120. The van der Waals surface area contributed by atoms with Crippen LogP contribution in [-0.2, 0) is 19.4 Å². The summed E-state index contributed by atoms with van der Waals surface area (Å²) in [5, 5.41) is 5.86. The zero-order valence-corrected chi connectivity index (χ0v) is 16.4. The molecule has 0 aliphatic rings. The molecule has 2 aromatic carbocycles. The average molecular weight is 424 g/mol. The van der Waals surface area contributed by atoms with Crippen LogP contribution in [0.5, 0.6) is 0 Å². The molecule has 0 bridgehead atoms. The second kappa shape index (κ2) is 7.63. The summed E-state index contributed by atoms with van der Waals surface area (Å²) in [4.78, 5) is 27.5. The first kappa shape index (κ1) is 19.3. The fourth-order valence-corrected chi connectivity index (χ4v) is 4.49. The SMILES string of the molecule is CC(=O)Nc1ccc2nc(NC(=O)CS(=O)(=O)c3ccc(Cl)cc3)sc2c1. The summed E-state index contributed by atoms with van der Waals surface area (Å²) in [6.45, 7) is 1.41. The van der Waals surface area contributed by atoms with Crippen LogP contribution in [0.25, 0.3) is 10.2 Å². The van der Waals surface area contributed by atoms with E-state index < -0.39 is 21.5 Å². The molecule has 0 saturated heterocycles. The Kier molecular flexibility index (Phi) is 5.45. The van der Waals surface area contributed by atoms with Crippen LogP contribution in [0.3, 0.4) is 0 Å². The molecule has 27 heavy (non-hydrogen) atoms. The van der Waals surface area contributed by atoms with Gasteiger partial charge in [-0.05, 0) is 42.5 Å². The number of halogens is 1. The minimum absolute atomic E-state index is 0.0197. The van der Waals surface area contributed by atoms with Gasteiger partial charge in [-0.15, -0.1) is 0 Å². The molecule has 3 aromatic rings. The van der Waals surface area contributed by atoms with Gasteiger partial charge in [-0.2, -0.15) is 0 Å². The van der Waals surface area contributed by atoms with E-state index in [0.29, 0.717) is 16.2 Å². The second-order valence-corrected chi connectivity index (χ2v) is 9.10. The predicted molar refractivity (Wildman–Crippen MR) is 106 cm³/mol. The molecule has 0 aliphatic carbocycles. The number of carbonyl (C=O) groups is 2. The van der Waals surface area contributed by atoms with E-state index in [4.69, 9.17) is 11.6 Å². The lowest BCUT2D eigenvalue weighted by atomic mass is 10.3. The van der Waals surface area contributed by atoms with Crippen LogP contribution in [0, 0.1) is 0 Å². The Hall–Kier alpha value is -2.49. The molecule has 7 nitrogen and oxygen atoms in total. The van der Waals surface area contributed by atoms with Gasteiger partial charge in [-0.25, -0.2) is 13.4 Å². The molecule has 10 heteroatoms. The largest absolute Gasteiger partial charge is 0.326 e. The van der Waals surface area contributed by atoms with Crippen molar-refractivity contribution in [2.45, 2.75) is 11.8 Å². The van der Waals surface area contributed by atoms with Gasteiger partial charge < -0.3 is 10.6 Å². The van der Waals surface area contributed by atoms with Gasteiger partial charge in [0, 0.05) is 17.6 Å². The Morgan fingerprint density at radius 1 is 1.11 bits per heavy atom. The molecule has 0 fully saturated rings. The smallest absolute Gasteiger partial charge is 0.241 e. The quantitative estimate of drug-likeness (QED) is 0.654. The van der Waals surface area contributed by atoms with E-state index in [9.17, 15) is 18.0 Å². The third kappa shape index (κ3) is 4.82. The van der Waals surface area contributed by atoms with Crippen LogP contribution in [0.15, 0.2) is 47.4 Å². The van der Waals surface area contributed by atoms with Crippen LogP contribution in [0.1, 0.15) is 6.92 Å². The molecule has 2 N–H and O–H groups in total. The van der Waals surface area contributed by atoms with Gasteiger partial charge in [0.05, 0.1) is 15.1 Å². The highest BCUT2D eigenvalue weighted by Gasteiger charge is 2.20. The second-order valence-electron chi connectivity index (χ2n) is 5.64. The molecule has 0 radical (unpaired) electrons. The average Bonchev–Trinajstić information content (AvgIpc) is 2.95.